The zero-order valence-corrected chi connectivity index (χ0v) is 9.41. The molecular weight excluding hydrogens is 214 g/mol. The number of nitrogens with two attached hydrogens (primary N) is 2. The van der Waals surface area contributed by atoms with Gasteiger partial charge < -0.3 is 16.4 Å². The van der Waals surface area contributed by atoms with Crippen LogP contribution in [0.2, 0.25) is 0 Å². The highest BCUT2D eigenvalue weighted by atomic mass is 32.2. The van der Waals surface area contributed by atoms with Gasteiger partial charge in [0, 0.05) is 20.2 Å². The van der Waals surface area contributed by atoms with Crippen molar-refractivity contribution in [3.8, 4) is 0 Å². The van der Waals surface area contributed by atoms with E-state index in [2.05, 4.69) is 9.97 Å². The molecule has 1 rings (SSSR count). The summed E-state index contributed by atoms with van der Waals surface area (Å²) < 4.78 is 0. The van der Waals surface area contributed by atoms with Gasteiger partial charge in [-0.2, -0.15) is 0 Å². The fourth-order valence-electron chi connectivity index (χ4n) is 0.782. The number of amides is 1. The molecule has 7 heteroatoms. The van der Waals surface area contributed by atoms with Crippen molar-refractivity contribution in [3.05, 3.63) is 6.07 Å². The molecule has 0 aromatic carbocycles. The van der Waals surface area contributed by atoms with Crippen molar-refractivity contribution in [1.82, 2.24) is 14.9 Å². The number of hydrogen-bond acceptors (Lipinski definition) is 6. The third-order valence-electron chi connectivity index (χ3n) is 1.57. The maximum Gasteiger partial charge on any atom is 0.232 e. The van der Waals surface area contributed by atoms with Gasteiger partial charge in [-0.3, -0.25) is 4.79 Å². The average molecular weight is 227 g/mol. The molecule has 0 aliphatic rings. The van der Waals surface area contributed by atoms with Gasteiger partial charge in [-0.25, -0.2) is 9.97 Å². The Morgan fingerprint density at radius 3 is 2.40 bits per heavy atom. The second-order valence-electron chi connectivity index (χ2n) is 3.08. The highest BCUT2D eigenvalue weighted by molar-refractivity contribution is 7.99. The van der Waals surface area contributed by atoms with Crippen molar-refractivity contribution in [2.45, 2.75) is 5.16 Å². The van der Waals surface area contributed by atoms with Crippen LogP contribution in [0.5, 0.6) is 0 Å². The molecular formula is C8H13N5OS. The minimum absolute atomic E-state index is 0.00963. The van der Waals surface area contributed by atoms with Crippen LogP contribution in [0.4, 0.5) is 11.6 Å². The van der Waals surface area contributed by atoms with Crippen LogP contribution in [0, 0.1) is 0 Å². The lowest BCUT2D eigenvalue weighted by molar-refractivity contribution is -0.125. The molecule has 82 valence electrons. The van der Waals surface area contributed by atoms with Crippen molar-refractivity contribution >= 4 is 29.3 Å². The van der Waals surface area contributed by atoms with Crippen molar-refractivity contribution in [2.75, 3.05) is 31.3 Å². The van der Waals surface area contributed by atoms with E-state index in [1.807, 2.05) is 0 Å². The lowest BCUT2D eigenvalue weighted by Gasteiger charge is -2.09. The molecule has 1 aromatic rings. The number of carbonyl (C=O) groups excluding carboxylic acids is 1. The van der Waals surface area contributed by atoms with Gasteiger partial charge in [0.2, 0.25) is 5.91 Å². The molecule has 1 amide bonds. The van der Waals surface area contributed by atoms with E-state index in [0.29, 0.717) is 16.8 Å². The molecule has 0 saturated carbocycles. The van der Waals surface area contributed by atoms with E-state index in [1.165, 1.54) is 22.7 Å². The fourth-order valence-corrected chi connectivity index (χ4v) is 1.63. The molecule has 15 heavy (non-hydrogen) atoms. The predicted octanol–water partition coefficient (Wildman–Crippen LogP) is -0.179. The number of anilines is 2. The number of carbonyl (C=O) groups is 1. The molecule has 4 N–H and O–H groups in total. The van der Waals surface area contributed by atoms with E-state index in [0.717, 1.165) is 0 Å². The first-order valence-electron chi connectivity index (χ1n) is 4.22. The SMILES string of the molecule is CN(C)C(=O)CSc1nc(N)cc(N)n1. The maximum atomic E-state index is 11.3. The Morgan fingerprint density at radius 1 is 1.40 bits per heavy atom. The molecule has 0 bridgehead atoms. The number of nitrogen functional groups attached to an aromatic ring is 2. The maximum absolute atomic E-state index is 11.3. The van der Waals surface area contributed by atoms with Gasteiger partial charge in [-0.1, -0.05) is 11.8 Å². The summed E-state index contributed by atoms with van der Waals surface area (Å²) in [6, 6.07) is 1.47. The predicted molar refractivity (Wildman–Crippen MR) is 60.3 cm³/mol. The van der Waals surface area contributed by atoms with Crippen molar-refractivity contribution < 1.29 is 4.79 Å². The second kappa shape index (κ2) is 4.83. The van der Waals surface area contributed by atoms with Crippen LogP contribution in [-0.4, -0.2) is 40.6 Å². The van der Waals surface area contributed by atoms with Gasteiger partial charge in [0.1, 0.15) is 11.6 Å². The summed E-state index contributed by atoms with van der Waals surface area (Å²) in [4.78, 5) is 20.7. The summed E-state index contributed by atoms with van der Waals surface area (Å²) in [7, 11) is 3.38. The molecule has 0 radical (unpaired) electrons. The first kappa shape index (κ1) is 11.6. The average Bonchev–Trinajstić information content (AvgIpc) is 2.12. The normalized spacial score (nSPS) is 10.0. The van der Waals surface area contributed by atoms with Gasteiger partial charge in [0.25, 0.3) is 0 Å². The van der Waals surface area contributed by atoms with Crippen LogP contribution in [0.1, 0.15) is 0 Å². The molecule has 0 fully saturated rings. The molecule has 0 unspecified atom stereocenters. The number of thioether (sulfide) groups is 1. The van der Waals surface area contributed by atoms with Gasteiger partial charge in [-0.15, -0.1) is 0 Å². The third kappa shape index (κ3) is 3.62. The van der Waals surface area contributed by atoms with Crippen molar-refractivity contribution in [3.63, 3.8) is 0 Å². The second-order valence-corrected chi connectivity index (χ2v) is 4.02. The molecule has 0 atom stereocenters. The Morgan fingerprint density at radius 2 is 1.93 bits per heavy atom. The summed E-state index contributed by atoms with van der Waals surface area (Å²) in [5, 5.41) is 0.419. The van der Waals surface area contributed by atoms with Crippen LogP contribution in [0.25, 0.3) is 0 Å². The topological polar surface area (TPSA) is 98.1 Å². The zero-order valence-electron chi connectivity index (χ0n) is 8.60. The summed E-state index contributed by atoms with van der Waals surface area (Å²) >= 11 is 1.21. The zero-order chi connectivity index (χ0) is 11.4. The molecule has 0 aliphatic carbocycles. The Hall–Kier alpha value is -1.50. The van der Waals surface area contributed by atoms with E-state index >= 15 is 0 Å². The van der Waals surface area contributed by atoms with E-state index < -0.39 is 0 Å². The van der Waals surface area contributed by atoms with E-state index in [9.17, 15) is 4.79 Å². The van der Waals surface area contributed by atoms with Crippen LogP contribution < -0.4 is 11.5 Å². The largest absolute Gasteiger partial charge is 0.383 e. The summed E-state index contributed by atoms with van der Waals surface area (Å²) in [6.07, 6.45) is 0. The number of aromatic nitrogens is 2. The smallest absolute Gasteiger partial charge is 0.232 e. The number of rotatable bonds is 3. The standard InChI is InChI=1S/C8H13N5OS/c1-13(2)7(14)4-15-8-11-5(9)3-6(10)12-8/h3H,4H2,1-2H3,(H4,9,10,11,12). The minimum Gasteiger partial charge on any atom is -0.383 e. The van der Waals surface area contributed by atoms with E-state index in [1.54, 1.807) is 14.1 Å². The Bertz CT molecular complexity index is 348. The first-order valence-corrected chi connectivity index (χ1v) is 5.20. The lowest BCUT2D eigenvalue weighted by atomic mass is 10.5. The molecule has 0 saturated heterocycles. The van der Waals surface area contributed by atoms with Gasteiger partial charge in [0.15, 0.2) is 5.16 Å². The Kier molecular flexibility index (Phi) is 3.73. The van der Waals surface area contributed by atoms with Gasteiger partial charge in [-0.05, 0) is 0 Å². The Balaban J connectivity index is 2.61. The quantitative estimate of drug-likeness (QED) is 0.549. The monoisotopic (exact) mass is 227 g/mol. The van der Waals surface area contributed by atoms with E-state index in [-0.39, 0.29) is 11.7 Å². The summed E-state index contributed by atoms with van der Waals surface area (Å²) in [5.41, 5.74) is 11.0. The molecule has 1 aromatic heterocycles. The summed E-state index contributed by atoms with van der Waals surface area (Å²) in [5.74, 6) is 0.879. The molecule has 0 aliphatic heterocycles. The highest BCUT2D eigenvalue weighted by Gasteiger charge is 2.07. The van der Waals surface area contributed by atoms with E-state index in [4.69, 9.17) is 11.5 Å². The highest BCUT2D eigenvalue weighted by Crippen LogP contribution is 2.16. The van der Waals surface area contributed by atoms with Crippen molar-refractivity contribution in [1.29, 1.82) is 0 Å². The summed E-state index contributed by atoms with van der Waals surface area (Å²) in [6.45, 7) is 0. The number of hydrogen-bond donors (Lipinski definition) is 2. The van der Waals surface area contributed by atoms with Crippen LogP contribution in [0.15, 0.2) is 11.2 Å². The van der Waals surface area contributed by atoms with Crippen LogP contribution >= 0.6 is 11.8 Å². The Labute approximate surface area is 92.1 Å². The third-order valence-corrected chi connectivity index (χ3v) is 2.40. The van der Waals surface area contributed by atoms with Crippen LogP contribution in [0.3, 0.4) is 0 Å². The first-order chi connectivity index (χ1) is 6.99. The fraction of sp³-hybridized carbons (Fsp3) is 0.375. The molecule has 6 nitrogen and oxygen atoms in total. The van der Waals surface area contributed by atoms with Gasteiger partial charge in [0.05, 0.1) is 5.75 Å². The van der Waals surface area contributed by atoms with Crippen molar-refractivity contribution in [2.24, 2.45) is 0 Å². The lowest BCUT2D eigenvalue weighted by Crippen LogP contribution is -2.23. The van der Waals surface area contributed by atoms with Crippen LogP contribution in [-0.2, 0) is 4.79 Å². The molecule has 0 spiro atoms. The minimum atomic E-state index is -0.00963. The number of nitrogens with zero attached hydrogens (tertiary/aromatic N) is 3. The molecule has 1 heterocycles. The van der Waals surface area contributed by atoms with Gasteiger partial charge >= 0.3 is 0 Å².